The number of nitrogens with one attached hydrogen (secondary N) is 2. The van der Waals surface area contributed by atoms with Crippen LogP contribution in [0.25, 0.3) is 0 Å². The van der Waals surface area contributed by atoms with E-state index in [0.717, 1.165) is 41.4 Å². The lowest BCUT2D eigenvalue weighted by Gasteiger charge is -2.18. The molecule has 1 aliphatic rings. The van der Waals surface area contributed by atoms with Gasteiger partial charge >= 0.3 is 6.18 Å². The van der Waals surface area contributed by atoms with Crippen LogP contribution >= 0.6 is 0 Å². The van der Waals surface area contributed by atoms with Crippen LogP contribution in [0.1, 0.15) is 24.0 Å². The zero-order valence-electron chi connectivity index (χ0n) is 15.9. The topological polar surface area (TPSA) is 36.8 Å². The molecule has 7 heteroatoms. The van der Waals surface area contributed by atoms with Crippen LogP contribution in [-0.4, -0.2) is 32.6 Å². The van der Waals surface area contributed by atoms with Crippen LogP contribution in [0.5, 0.6) is 0 Å². The van der Waals surface area contributed by atoms with E-state index in [2.05, 4.69) is 10.2 Å². The molecule has 1 aliphatic heterocycles. The summed E-state index contributed by atoms with van der Waals surface area (Å²) in [7, 11) is 1.84. The van der Waals surface area contributed by atoms with Crippen molar-refractivity contribution >= 4 is 17.3 Å². The normalized spacial score (nSPS) is 15.5. The van der Waals surface area contributed by atoms with E-state index in [9.17, 15) is 18.0 Å². The Morgan fingerprint density at radius 1 is 1.04 bits per heavy atom. The fourth-order valence-electron chi connectivity index (χ4n) is 3.43. The Bertz CT molecular complexity index is 782. The van der Waals surface area contributed by atoms with Crippen molar-refractivity contribution in [1.82, 2.24) is 0 Å². The highest BCUT2D eigenvalue weighted by Crippen LogP contribution is 2.29. The Kier molecular flexibility index (Phi) is 6.24. The summed E-state index contributed by atoms with van der Waals surface area (Å²) in [5.74, 6) is -0.127. The number of carbonyl (C=O) groups excluding carboxylic acids is 1. The maximum absolute atomic E-state index is 12.6. The van der Waals surface area contributed by atoms with Gasteiger partial charge in [0.05, 0.1) is 12.6 Å². The van der Waals surface area contributed by atoms with Crippen LogP contribution in [0.4, 0.5) is 24.5 Å². The summed E-state index contributed by atoms with van der Waals surface area (Å²) >= 11 is 0. The van der Waals surface area contributed by atoms with E-state index in [4.69, 9.17) is 0 Å². The van der Waals surface area contributed by atoms with E-state index in [-0.39, 0.29) is 12.5 Å². The number of amides is 1. The molecule has 4 nitrogen and oxygen atoms in total. The van der Waals surface area contributed by atoms with Gasteiger partial charge in [-0.1, -0.05) is 12.1 Å². The van der Waals surface area contributed by atoms with E-state index in [1.165, 1.54) is 30.7 Å². The van der Waals surface area contributed by atoms with Crippen molar-refractivity contribution in [2.75, 3.05) is 36.9 Å². The van der Waals surface area contributed by atoms with E-state index in [1.54, 1.807) is 0 Å². The lowest BCUT2D eigenvalue weighted by molar-refractivity contribution is -0.885. The summed E-state index contributed by atoms with van der Waals surface area (Å²) in [6.45, 7) is 2.85. The number of anilines is 2. The molecule has 150 valence electrons. The molecular weight excluding hydrogens is 367 g/mol. The molecule has 1 heterocycles. The van der Waals surface area contributed by atoms with Crippen LogP contribution in [-0.2, 0) is 17.5 Å². The lowest BCUT2D eigenvalue weighted by Crippen LogP contribution is -3.08. The number of likely N-dealkylation sites (N-methyl/N-ethyl adjacent to an activating group) is 1. The standard InChI is InChI=1S/C21H24F3N3O/c1-26(14-16-4-6-17(7-5-16)21(22,23)24)15-20(28)25-18-8-10-19(11-9-18)27-12-2-3-13-27/h4-11H,2-3,12-15H2,1H3,(H,25,28)/p+1. The maximum atomic E-state index is 12.6. The Balaban J connectivity index is 1.48. The number of nitrogens with zero attached hydrogens (tertiary/aromatic N) is 1. The number of hydrogen-bond donors (Lipinski definition) is 2. The summed E-state index contributed by atoms with van der Waals surface area (Å²) < 4.78 is 37.8. The second kappa shape index (κ2) is 8.65. The van der Waals surface area contributed by atoms with Crippen LogP contribution in [0.15, 0.2) is 48.5 Å². The molecule has 2 N–H and O–H groups in total. The second-order valence-corrected chi connectivity index (χ2v) is 7.29. The van der Waals surface area contributed by atoms with Gasteiger partial charge in [-0.2, -0.15) is 13.2 Å². The predicted molar refractivity (Wildman–Crippen MR) is 103 cm³/mol. The Morgan fingerprint density at radius 3 is 2.21 bits per heavy atom. The van der Waals surface area contributed by atoms with Gasteiger partial charge in [-0.3, -0.25) is 4.79 Å². The monoisotopic (exact) mass is 392 g/mol. The number of rotatable bonds is 6. The highest BCUT2D eigenvalue weighted by Gasteiger charge is 2.30. The Labute approximate surface area is 162 Å². The van der Waals surface area contributed by atoms with Crippen molar-refractivity contribution in [2.45, 2.75) is 25.6 Å². The summed E-state index contributed by atoms with van der Waals surface area (Å²) in [5, 5.41) is 2.88. The average Bonchev–Trinajstić information content (AvgIpc) is 3.16. The van der Waals surface area contributed by atoms with Crippen molar-refractivity contribution < 1.29 is 22.9 Å². The summed E-state index contributed by atoms with van der Waals surface area (Å²) in [6, 6.07) is 12.9. The molecule has 2 aromatic rings. The molecule has 0 aromatic heterocycles. The van der Waals surface area contributed by atoms with Gasteiger partial charge in [0.1, 0.15) is 6.54 Å². The predicted octanol–water partition coefficient (Wildman–Crippen LogP) is 2.96. The van der Waals surface area contributed by atoms with Crippen molar-refractivity contribution in [2.24, 2.45) is 0 Å². The largest absolute Gasteiger partial charge is 0.416 e. The number of alkyl halides is 3. The molecule has 0 saturated carbocycles. The minimum absolute atomic E-state index is 0.127. The van der Waals surface area contributed by atoms with Crippen molar-refractivity contribution in [3.05, 3.63) is 59.7 Å². The molecular formula is C21H25F3N3O+. The minimum atomic E-state index is -4.33. The average molecular weight is 392 g/mol. The van der Waals surface area contributed by atoms with Crippen LogP contribution in [0, 0.1) is 0 Å². The first-order valence-electron chi connectivity index (χ1n) is 9.43. The maximum Gasteiger partial charge on any atom is 0.416 e. The SMILES string of the molecule is C[NH+](CC(=O)Nc1ccc(N2CCCC2)cc1)Cc1ccc(C(F)(F)F)cc1. The van der Waals surface area contributed by atoms with Gasteiger partial charge < -0.3 is 15.1 Å². The molecule has 0 aliphatic carbocycles. The summed E-state index contributed by atoms with van der Waals surface area (Å²) in [4.78, 5) is 15.5. The number of benzene rings is 2. The first-order chi connectivity index (χ1) is 13.3. The van der Waals surface area contributed by atoms with Gasteiger partial charge in [-0.25, -0.2) is 0 Å². The molecule has 1 fully saturated rings. The summed E-state index contributed by atoms with van der Waals surface area (Å²) in [5.41, 5.74) is 2.01. The Hall–Kier alpha value is -2.54. The number of halogens is 3. The third-order valence-corrected chi connectivity index (χ3v) is 4.87. The van der Waals surface area contributed by atoms with Gasteiger partial charge in [0, 0.05) is 30.0 Å². The van der Waals surface area contributed by atoms with Crippen molar-refractivity contribution in [1.29, 1.82) is 0 Å². The van der Waals surface area contributed by atoms with Crippen LogP contribution in [0.2, 0.25) is 0 Å². The zero-order chi connectivity index (χ0) is 20.1. The fourth-order valence-corrected chi connectivity index (χ4v) is 3.43. The number of carbonyl (C=O) groups is 1. The van der Waals surface area contributed by atoms with Gasteiger partial charge in [-0.15, -0.1) is 0 Å². The fraction of sp³-hybridized carbons (Fsp3) is 0.381. The van der Waals surface area contributed by atoms with Crippen molar-refractivity contribution in [3.63, 3.8) is 0 Å². The second-order valence-electron chi connectivity index (χ2n) is 7.29. The Morgan fingerprint density at radius 2 is 1.64 bits per heavy atom. The molecule has 0 spiro atoms. The molecule has 0 radical (unpaired) electrons. The van der Waals surface area contributed by atoms with Gasteiger partial charge in [-0.05, 0) is 49.2 Å². The van der Waals surface area contributed by atoms with E-state index >= 15 is 0 Å². The molecule has 28 heavy (non-hydrogen) atoms. The van der Waals surface area contributed by atoms with Crippen LogP contribution in [0.3, 0.4) is 0 Å². The lowest BCUT2D eigenvalue weighted by atomic mass is 10.1. The molecule has 1 amide bonds. The van der Waals surface area contributed by atoms with E-state index in [1.807, 2.05) is 31.3 Å². The molecule has 0 bridgehead atoms. The third-order valence-electron chi connectivity index (χ3n) is 4.87. The number of hydrogen-bond acceptors (Lipinski definition) is 2. The van der Waals surface area contributed by atoms with Crippen molar-refractivity contribution in [3.8, 4) is 0 Å². The molecule has 3 rings (SSSR count). The molecule has 1 atom stereocenters. The quantitative estimate of drug-likeness (QED) is 0.793. The van der Waals surface area contributed by atoms with E-state index < -0.39 is 11.7 Å². The van der Waals surface area contributed by atoms with Gasteiger partial charge in [0.25, 0.3) is 5.91 Å². The molecule has 2 aromatic carbocycles. The third kappa shape index (κ3) is 5.48. The highest BCUT2D eigenvalue weighted by atomic mass is 19.4. The highest BCUT2D eigenvalue weighted by molar-refractivity contribution is 5.91. The smallest absolute Gasteiger partial charge is 0.372 e. The first-order valence-corrected chi connectivity index (χ1v) is 9.43. The van der Waals surface area contributed by atoms with Gasteiger partial charge in [0.15, 0.2) is 6.54 Å². The van der Waals surface area contributed by atoms with E-state index in [0.29, 0.717) is 6.54 Å². The first kappa shape index (κ1) is 20.2. The molecule has 1 saturated heterocycles. The minimum Gasteiger partial charge on any atom is -0.372 e. The van der Waals surface area contributed by atoms with Gasteiger partial charge in [0.2, 0.25) is 0 Å². The molecule has 1 unspecified atom stereocenters. The zero-order valence-corrected chi connectivity index (χ0v) is 15.9. The summed E-state index contributed by atoms with van der Waals surface area (Å²) in [6.07, 6.45) is -1.90. The van der Waals surface area contributed by atoms with Crippen LogP contribution < -0.4 is 15.1 Å². The number of quaternary nitrogens is 1.